The lowest BCUT2D eigenvalue weighted by molar-refractivity contribution is -0.147. The first-order chi connectivity index (χ1) is 17.3. The van der Waals surface area contributed by atoms with Gasteiger partial charge in [0.25, 0.3) is 0 Å². The first-order valence-electron chi connectivity index (χ1n) is 12.2. The molecule has 2 aromatic carbocycles. The maximum absolute atomic E-state index is 16.2. The lowest BCUT2D eigenvalue weighted by Gasteiger charge is -2.27. The maximum atomic E-state index is 16.2. The molecule has 188 valence electrons. The molecule has 2 N–H and O–H groups in total. The summed E-state index contributed by atoms with van der Waals surface area (Å²) in [5.74, 6) is -3.49. The zero-order valence-corrected chi connectivity index (χ0v) is 19.8. The highest BCUT2D eigenvalue weighted by Gasteiger charge is 2.44. The third kappa shape index (κ3) is 3.43. The number of aromatic nitrogens is 3. The van der Waals surface area contributed by atoms with Crippen LogP contribution < -0.4 is 0 Å². The van der Waals surface area contributed by atoms with Crippen LogP contribution in [0.2, 0.25) is 0 Å². The van der Waals surface area contributed by atoms with Gasteiger partial charge in [0.05, 0.1) is 17.1 Å². The Morgan fingerprint density at radius 1 is 1.14 bits per heavy atom. The van der Waals surface area contributed by atoms with E-state index in [4.69, 9.17) is 4.74 Å². The van der Waals surface area contributed by atoms with Crippen molar-refractivity contribution in [2.75, 3.05) is 13.2 Å². The normalized spacial score (nSPS) is 23.2. The topological polar surface area (TPSA) is 80.1 Å². The Hall–Kier alpha value is -3.33. The van der Waals surface area contributed by atoms with Crippen molar-refractivity contribution in [1.29, 1.82) is 0 Å². The molecule has 2 fully saturated rings. The molecular weight excluding hydrogens is 471 g/mol. The van der Waals surface area contributed by atoms with Gasteiger partial charge in [-0.2, -0.15) is 5.10 Å². The largest absolute Gasteiger partial charge is 0.481 e. The summed E-state index contributed by atoms with van der Waals surface area (Å²) in [6.45, 7) is 2.81. The Morgan fingerprint density at radius 2 is 1.92 bits per heavy atom. The summed E-state index contributed by atoms with van der Waals surface area (Å²) in [7, 11) is 0. The second kappa shape index (κ2) is 8.37. The number of H-pyrrole nitrogens is 1. The molecule has 9 heteroatoms. The van der Waals surface area contributed by atoms with Crippen LogP contribution >= 0.6 is 0 Å². The fourth-order valence-corrected chi connectivity index (χ4v) is 6.22. The van der Waals surface area contributed by atoms with Gasteiger partial charge < -0.3 is 14.4 Å². The van der Waals surface area contributed by atoms with E-state index in [2.05, 4.69) is 10.2 Å². The number of aromatic amines is 1. The second-order valence-electron chi connectivity index (χ2n) is 10.3. The van der Waals surface area contributed by atoms with E-state index in [-0.39, 0.29) is 17.4 Å². The van der Waals surface area contributed by atoms with Crippen LogP contribution in [0.15, 0.2) is 30.5 Å². The summed E-state index contributed by atoms with van der Waals surface area (Å²) in [5.41, 5.74) is 1.88. The molecule has 0 radical (unpaired) electrons. The molecule has 6 nitrogen and oxygen atoms in total. The molecule has 2 atom stereocenters. The van der Waals surface area contributed by atoms with E-state index < -0.39 is 28.8 Å². The Bertz CT molecular complexity index is 1500. The predicted octanol–water partition coefficient (Wildman–Crippen LogP) is 6.18. The molecule has 6 rings (SSSR count). The lowest BCUT2D eigenvalue weighted by atomic mass is 9.83. The molecule has 0 bridgehead atoms. The lowest BCUT2D eigenvalue weighted by Crippen LogP contribution is -2.24. The number of rotatable bonds is 4. The average molecular weight is 498 g/mol. The number of carbonyl (C=O) groups is 1. The number of hydrogen-bond donors (Lipinski definition) is 2. The summed E-state index contributed by atoms with van der Waals surface area (Å²) in [6, 6.07) is 5.52. The number of hydrogen-bond acceptors (Lipinski definition) is 3. The van der Waals surface area contributed by atoms with Gasteiger partial charge in [-0.3, -0.25) is 9.89 Å². The number of ether oxygens (including phenoxy) is 1. The van der Waals surface area contributed by atoms with Crippen LogP contribution in [0.5, 0.6) is 0 Å². The van der Waals surface area contributed by atoms with Crippen LogP contribution in [0, 0.1) is 22.9 Å². The predicted molar refractivity (Wildman–Crippen MR) is 128 cm³/mol. The number of halogens is 3. The first kappa shape index (κ1) is 23.1. The quantitative estimate of drug-likeness (QED) is 0.353. The summed E-state index contributed by atoms with van der Waals surface area (Å²) in [5, 5.41) is 17.6. The fraction of sp³-hybridized carbons (Fsp3) is 0.407. The molecule has 2 aromatic heterocycles. The van der Waals surface area contributed by atoms with Gasteiger partial charge in [0.15, 0.2) is 17.5 Å². The van der Waals surface area contributed by atoms with Crippen molar-refractivity contribution >= 4 is 27.8 Å². The van der Waals surface area contributed by atoms with Crippen molar-refractivity contribution in [2.24, 2.45) is 5.41 Å². The molecule has 1 saturated heterocycles. The van der Waals surface area contributed by atoms with E-state index in [1.54, 1.807) is 6.92 Å². The van der Waals surface area contributed by atoms with Crippen LogP contribution in [-0.2, 0) is 9.53 Å². The smallest absolute Gasteiger partial charge is 0.309 e. The highest BCUT2D eigenvalue weighted by Crippen LogP contribution is 2.52. The molecule has 0 amide bonds. The van der Waals surface area contributed by atoms with Gasteiger partial charge in [0, 0.05) is 47.4 Å². The Labute approximate surface area is 205 Å². The minimum Gasteiger partial charge on any atom is -0.481 e. The van der Waals surface area contributed by atoms with E-state index in [1.165, 1.54) is 12.3 Å². The van der Waals surface area contributed by atoms with Crippen molar-refractivity contribution in [2.45, 2.75) is 50.9 Å². The van der Waals surface area contributed by atoms with Crippen LogP contribution in [-0.4, -0.2) is 39.1 Å². The summed E-state index contributed by atoms with van der Waals surface area (Å²) >= 11 is 0. The highest BCUT2D eigenvalue weighted by molar-refractivity contribution is 6.00. The maximum Gasteiger partial charge on any atom is 0.309 e. The second-order valence-corrected chi connectivity index (χ2v) is 10.3. The zero-order chi connectivity index (χ0) is 25.2. The van der Waals surface area contributed by atoms with Gasteiger partial charge in [-0.05, 0) is 68.7 Å². The summed E-state index contributed by atoms with van der Waals surface area (Å²) < 4.78 is 52.0. The van der Waals surface area contributed by atoms with Crippen molar-refractivity contribution in [1.82, 2.24) is 14.8 Å². The summed E-state index contributed by atoms with van der Waals surface area (Å²) in [6.07, 6.45) is 4.36. The molecule has 36 heavy (non-hydrogen) atoms. The Kier molecular flexibility index (Phi) is 5.37. The highest BCUT2D eigenvalue weighted by atomic mass is 19.2. The van der Waals surface area contributed by atoms with E-state index in [9.17, 15) is 18.7 Å². The number of carboxylic acid groups (broad SMARTS) is 1. The van der Waals surface area contributed by atoms with Gasteiger partial charge in [-0.1, -0.05) is 0 Å². The van der Waals surface area contributed by atoms with Gasteiger partial charge in [0.1, 0.15) is 5.52 Å². The molecule has 1 saturated carbocycles. The van der Waals surface area contributed by atoms with Crippen LogP contribution in [0.1, 0.15) is 62.1 Å². The standard InChI is InChI=1S/C27H26F3N3O3/c1-27(26(34)35)7-4-15(12-27)21-22-20(10-16-13-31-32-24(16)23(22)30)33(17-2-3-18(28)19(29)11-17)25(21)14-5-8-36-9-6-14/h2-3,10-11,13-15H,4-9,12H2,1H3,(H,31,32)(H,34,35)/t15-,27-/m1/s1. The minimum absolute atomic E-state index is 0.0122. The van der Waals surface area contributed by atoms with Crippen molar-refractivity contribution in [3.8, 4) is 5.69 Å². The Morgan fingerprint density at radius 3 is 2.61 bits per heavy atom. The molecule has 1 aliphatic carbocycles. The summed E-state index contributed by atoms with van der Waals surface area (Å²) in [4.78, 5) is 12.1. The van der Waals surface area contributed by atoms with E-state index in [1.807, 2.05) is 10.6 Å². The van der Waals surface area contributed by atoms with Gasteiger partial charge in [0.2, 0.25) is 0 Å². The molecule has 0 unspecified atom stereocenters. The van der Waals surface area contributed by atoms with Crippen LogP contribution in [0.3, 0.4) is 0 Å². The third-order valence-electron chi connectivity index (χ3n) is 8.12. The van der Waals surface area contributed by atoms with Gasteiger partial charge in [-0.25, -0.2) is 13.2 Å². The van der Waals surface area contributed by atoms with Crippen LogP contribution in [0.25, 0.3) is 27.5 Å². The molecule has 2 aliphatic rings. The average Bonchev–Trinajstić information content (AvgIpc) is 3.58. The monoisotopic (exact) mass is 497 g/mol. The number of aliphatic carboxylic acids is 1. The van der Waals surface area contributed by atoms with Gasteiger partial charge >= 0.3 is 5.97 Å². The molecule has 1 aliphatic heterocycles. The first-order valence-corrected chi connectivity index (χ1v) is 12.2. The van der Waals surface area contributed by atoms with E-state index >= 15 is 4.39 Å². The van der Waals surface area contributed by atoms with Crippen LogP contribution in [0.4, 0.5) is 13.2 Å². The third-order valence-corrected chi connectivity index (χ3v) is 8.12. The number of benzene rings is 2. The van der Waals surface area contributed by atoms with Crippen molar-refractivity contribution < 1.29 is 27.8 Å². The zero-order valence-electron chi connectivity index (χ0n) is 19.8. The van der Waals surface area contributed by atoms with Crippen molar-refractivity contribution in [3.05, 3.63) is 59.2 Å². The molecule has 3 heterocycles. The fourth-order valence-electron chi connectivity index (χ4n) is 6.22. The number of nitrogens with zero attached hydrogens (tertiary/aromatic N) is 2. The minimum atomic E-state index is -0.988. The Balaban J connectivity index is 1.70. The van der Waals surface area contributed by atoms with E-state index in [0.717, 1.165) is 23.4 Å². The number of nitrogens with one attached hydrogen (secondary N) is 1. The molecular formula is C27H26F3N3O3. The molecule has 0 spiro atoms. The van der Waals surface area contributed by atoms with Gasteiger partial charge in [-0.15, -0.1) is 0 Å². The molecule has 4 aromatic rings. The number of fused-ring (bicyclic) bond motifs is 2. The SMILES string of the molecule is C[C@@]1(C(=O)O)CC[C@@H](c2c(C3CCOCC3)n(-c3ccc(F)c(F)c3)c3cc4cn[nH]c4c(F)c23)C1. The van der Waals surface area contributed by atoms with Crippen molar-refractivity contribution in [3.63, 3.8) is 0 Å². The number of carboxylic acids is 1. The van der Waals surface area contributed by atoms with E-state index in [0.29, 0.717) is 67.3 Å².